The van der Waals surface area contributed by atoms with E-state index in [1.165, 1.54) is 19.3 Å². The van der Waals surface area contributed by atoms with E-state index in [0.717, 1.165) is 5.92 Å². The summed E-state index contributed by atoms with van der Waals surface area (Å²) in [5.74, 6) is 0.819. The Hall–Kier alpha value is -0.0400. The lowest BCUT2D eigenvalue weighted by molar-refractivity contribution is 0.0960. The van der Waals surface area contributed by atoms with E-state index in [4.69, 9.17) is 4.74 Å². The first-order valence-electron chi connectivity index (χ1n) is 5.23. The predicted molar refractivity (Wildman–Crippen MR) is 56.5 cm³/mol. The maximum absolute atomic E-state index is 5.17. The van der Waals surface area contributed by atoms with Crippen LogP contribution in [0.3, 0.4) is 0 Å². The Morgan fingerprint density at radius 2 is 1.67 bits per heavy atom. The molecule has 0 bridgehead atoms. The van der Waals surface area contributed by atoms with Gasteiger partial charge in [0.2, 0.25) is 0 Å². The molecule has 76 valence electrons. The summed E-state index contributed by atoms with van der Waals surface area (Å²) in [6.45, 7) is 10.7. The smallest absolute Gasteiger partial charge is 0.0545 e. The average molecular weight is 174 g/mol. The molecule has 0 amide bonds. The van der Waals surface area contributed by atoms with Crippen molar-refractivity contribution in [2.24, 2.45) is 5.92 Å². The molecule has 0 N–H and O–H groups in total. The van der Waals surface area contributed by atoms with Gasteiger partial charge in [-0.05, 0) is 19.3 Å². The molecule has 0 rings (SSSR count). The zero-order chi connectivity index (χ0) is 9.98. The molecule has 0 spiro atoms. The van der Waals surface area contributed by atoms with Crippen LogP contribution in [0, 0.1) is 5.92 Å². The SMILES string of the molecule is CC.CCC[C@H](C)C[C@H](C)OC. The van der Waals surface area contributed by atoms with E-state index < -0.39 is 0 Å². The van der Waals surface area contributed by atoms with Crippen LogP contribution in [0.1, 0.15) is 53.9 Å². The van der Waals surface area contributed by atoms with Gasteiger partial charge in [0.15, 0.2) is 0 Å². The molecule has 0 aromatic carbocycles. The first kappa shape index (κ1) is 14.5. The van der Waals surface area contributed by atoms with Crippen molar-refractivity contribution in [2.45, 2.75) is 60.0 Å². The number of hydrogen-bond donors (Lipinski definition) is 0. The molecule has 0 heterocycles. The van der Waals surface area contributed by atoms with Gasteiger partial charge in [-0.1, -0.05) is 40.5 Å². The minimum absolute atomic E-state index is 0.432. The monoisotopic (exact) mass is 174 g/mol. The van der Waals surface area contributed by atoms with Gasteiger partial charge in [-0.25, -0.2) is 0 Å². The Morgan fingerprint density at radius 1 is 1.17 bits per heavy atom. The third-order valence-electron chi connectivity index (χ3n) is 1.92. The lowest BCUT2D eigenvalue weighted by Crippen LogP contribution is -2.09. The zero-order valence-corrected chi connectivity index (χ0v) is 9.68. The maximum Gasteiger partial charge on any atom is 0.0545 e. The van der Waals surface area contributed by atoms with Gasteiger partial charge in [0.1, 0.15) is 0 Å². The molecule has 1 nitrogen and oxygen atoms in total. The van der Waals surface area contributed by atoms with Crippen molar-refractivity contribution in [3.8, 4) is 0 Å². The summed E-state index contributed by atoms with van der Waals surface area (Å²) in [5.41, 5.74) is 0. The van der Waals surface area contributed by atoms with Gasteiger partial charge in [-0.2, -0.15) is 0 Å². The van der Waals surface area contributed by atoms with Crippen LogP contribution in [0.5, 0.6) is 0 Å². The Morgan fingerprint density at radius 3 is 2.00 bits per heavy atom. The first-order valence-corrected chi connectivity index (χ1v) is 5.23. The van der Waals surface area contributed by atoms with Crippen molar-refractivity contribution in [1.82, 2.24) is 0 Å². The minimum Gasteiger partial charge on any atom is -0.382 e. The van der Waals surface area contributed by atoms with Crippen LogP contribution in [0.25, 0.3) is 0 Å². The molecule has 0 aliphatic rings. The van der Waals surface area contributed by atoms with Gasteiger partial charge >= 0.3 is 0 Å². The van der Waals surface area contributed by atoms with E-state index in [1.54, 1.807) is 7.11 Å². The van der Waals surface area contributed by atoms with Gasteiger partial charge in [0, 0.05) is 7.11 Å². The molecule has 0 aliphatic carbocycles. The highest BCUT2D eigenvalue weighted by molar-refractivity contribution is 4.57. The molecule has 0 unspecified atom stereocenters. The van der Waals surface area contributed by atoms with E-state index in [0.29, 0.717) is 6.10 Å². The molecule has 2 atom stereocenters. The van der Waals surface area contributed by atoms with Crippen molar-refractivity contribution >= 4 is 0 Å². The molecule has 0 aliphatic heterocycles. The van der Waals surface area contributed by atoms with E-state index in [2.05, 4.69) is 20.8 Å². The van der Waals surface area contributed by atoms with Gasteiger partial charge < -0.3 is 4.74 Å². The molecule has 12 heavy (non-hydrogen) atoms. The third kappa shape index (κ3) is 9.96. The quantitative estimate of drug-likeness (QED) is 0.614. The summed E-state index contributed by atoms with van der Waals surface area (Å²) in [6, 6.07) is 0. The van der Waals surface area contributed by atoms with Crippen LogP contribution in [-0.4, -0.2) is 13.2 Å². The van der Waals surface area contributed by atoms with Gasteiger partial charge in [-0.3, -0.25) is 0 Å². The van der Waals surface area contributed by atoms with Gasteiger partial charge in [0.05, 0.1) is 6.10 Å². The second kappa shape index (κ2) is 11.0. The Bertz CT molecular complexity index is 71.4. The van der Waals surface area contributed by atoms with Crippen LogP contribution in [-0.2, 0) is 4.74 Å². The van der Waals surface area contributed by atoms with Crippen molar-refractivity contribution in [3.05, 3.63) is 0 Å². The summed E-state index contributed by atoms with van der Waals surface area (Å²) in [6.07, 6.45) is 4.25. The molecular weight excluding hydrogens is 148 g/mol. The molecule has 0 saturated carbocycles. The summed E-state index contributed by atoms with van der Waals surface area (Å²) in [5, 5.41) is 0. The predicted octanol–water partition coefficient (Wildman–Crippen LogP) is 3.87. The van der Waals surface area contributed by atoms with E-state index in [9.17, 15) is 0 Å². The van der Waals surface area contributed by atoms with Gasteiger partial charge in [-0.15, -0.1) is 0 Å². The fourth-order valence-corrected chi connectivity index (χ4v) is 1.27. The number of methoxy groups -OCH3 is 1. The van der Waals surface area contributed by atoms with Crippen LogP contribution < -0.4 is 0 Å². The fourth-order valence-electron chi connectivity index (χ4n) is 1.27. The molecule has 0 aromatic rings. The number of hydrogen-bond acceptors (Lipinski definition) is 1. The first-order chi connectivity index (χ1) is 5.70. The zero-order valence-electron chi connectivity index (χ0n) is 9.68. The van der Waals surface area contributed by atoms with Crippen molar-refractivity contribution in [3.63, 3.8) is 0 Å². The summed E-state index contributed by atoms with van der Waals surface area (Å²) in [4.78, 5) is 0. The highest BCUT2D eigenvalue weighted by Crippen LogP contribution is 2.13. The molecule has 0 fully saturated rings. The summed E-state index contributed by atoms with van der Waals surface area (Å²) >= 11 is 0. The van der Waals surface area contributed by atoms with Crippen LogP contribution in [0.4, 0.5) is 0 Å². The van der Waals surface area contributed by atoms with E-state index >= 15 is 0 Å². The molecule has 0 saturated heterocycles. The van der Waals surface area contributed by atoms with Crippen molar-refractivity contribution < 1.29 is 4.74 Å². The standard InChI is InChI=1S/C9H20O.C2H6/c1-5-6-8(2)7-9(3)10-4;1-2/h8-9H,5-7H2,1-4H3;1-2H3/t8-,9-;/m0./s1. The second-order valence-corrected chi connectivity index (χ2v) is 3.18. The number of rotatable bonds is 5. The largest absolute Gasteiger partial charge is 0.382 e. The highest BCUT2D eigenvalue weighted by atomic mass is 16.5. The molecular formula is C11H26O. The fraction of sp³-hybridized carbons (Fsp3) is 1.00. The summed E-state index contributed by atoms with van der Waals surface area (Å²) in [7, 11) is 1.78. The maximum atomic E-state index is 5.17. The van der Waals surface area contributed by atoms with Crippen LogP contribution in [0.2, 0.25) is 0 Å². The van der Waals surface area contributed by atoms with Crippen molar-refractivity contribution in [2.75, 3.05) is 7.11 Å². The third-order valence-corrected chi connectivity index (χ3v) is 1.92. The normalized spacial score (nSPS) is 14.5. The Labute approximate surface area is 78.5 Å². The lowest BCUT2D eigenvalue weighted by Gasteiger charge is -2.14. The second-order valence-electron chi connectivity index (χ2n) is 3.18. The minimum atomic E-state index is 0.432. The summed E-state index contributed by atoms with van der Waals surface area (Å²) < 4.78 is 5.17. The molecule has 0 radical (unpaired) electrons. The average Bonchev–Trinajstić information content (AvgIpc) is 2.08. The van der Waals surface area contributed by atoms with Crippen LogP contribution in [0.15, 0.2) is 0 Å². The van der Waals surface area contributed by atoms with Gasteiger partial charge in [0.25, 0.3) is 0 Å². The number of ether oxygens (including phenoxy) is 1. The van der Waals surface area contributed by atoms with Crippen molar-refractivity contribution in [1.29, 1.82) is 0 Å². The van der Waals surface area contributed by atoms with Crippen LogP contribution >= 0.6 is 0 Å². The Kier molecular flexibility index (Phi) is 13.2. The lowest BCUT2D eigenvalue weighted by atomic mass is 9.99. The highest BCUT2D eigenvalue weighted by Gasteiger charge is 2.05. The Balaban J connectivity index is 0. The molecule has 1 heteroatoms. The molecule has 0 aromatic heterocycles. The van der Waals surface area contributed by atoms with E-state index in [-0.39, 0.29) is 0 Å². The van der Waals surface area contributed by atoms with E-state index in [1.807, 2.05) is 13.8 Å². The topological polar surface area (TPSA) is 9.23 Å².